The Morgan fingerprint density at radius 2 is 2.13 bits per heavy atom. The zero-order chi connectivity index (χ0) is 11.3. The first-order valence-corrected chi connectivity index (χ1v) is 5.67. The number of likely N-dealkylation sites (N-methyl/N-ethyl adjacent to an activating group) is 1. The number of nitrogens with one attached hydrogen (secondary N) is 1. The predicted molar refractivity (Wildman–Crippen MR) is 64.9 cm³/mol. The average molecular weight is 206 g/mol. The normalized spacial score (nSPS) is 13.9. The molecule has 1 rings (SSSR count). The Morgan fingerprint density at radius 3 is 2.60 bits per heavy atom. The van der Waals surface area contributed by atoms with E-state index in [2.05, 4.69) is 37.1 Å². The molecule has 0 saturated heterocycles. The molecule has 0 radical (unpaired) electrons. The number of hydrogen-bond acceptors (Lipinski definition) is 2. The highest BCUT2D eigenvalue weighted by Crippen LogP contribution is 2.26. The first-order chi connectivity index (χ1) is 7.10. The molecule has 0 aliphatic carbocycles. The molecule has 0 aliphatic rings. The van der Waals surface area contributed by atoms with Gasteiger partial charge in [0.25, 0.3) is 0 Å². The lowest BCUT2D eigenvalue weighted by Crippen LogP contribution is -2.41. The smallest absolute Gasteiger partial charge is 0.0419 e. The summed E-state index contributed by atoms with van der Waals surface area (Å²) in [5.74, 6) is 0. The highest BCUT2D eigenvalue weighted by atomic mass is 14.9. The summed E-state index contributed by atoms with van der Waals surface area (Å²) < 4.78 is 0. The molecule has 1 aromatic rings. The minimum Gasteiger partial charge on any atom is -0.316 e. The van der Waals surface area contributed by atoms with E-state index >= 15 is 0 Å². The average Bonchev–Trinajstić information content (AvgIpc) is 2.27. The van der Waals surface area contributed by atoms with Gasteiger partial charge < -0.3 is 5.32 Å². The lowest BCUT2D eigenvalue weighted by molar-refractivity contribution is 0.239. The van der Waals surface area contributed by atoms with Crippen LogP contribution in [0.3, 0.4) is 0 Å². The Labute approximate surface area is 93.1 Å². The molecular weight excluding hydrogens is 184 g/mol. The van der Waals surface area contributed by atoms with Gasteiger partial charge in [-0.15, -0.1) is 0 Å². The molecule has 1 unspecified atom stereocenters. The predicted octanol–water partition coefficient (Wildman–Crippen LogP) is 2.65. The van der Waals surface area contributed by atoms with Crippen molar-refractivity contribution in [1.82, 2.24) is 10.3 Å². The quantitative estimate of drug-likeness (QED) is 0.801. The fourth-order valence-electron chi connectivity index (χ4n) is 1.74. The molecule has 84 valence electrons. The van der Waals surface area contributed by atoms with Crippen LogP contribution in [0.15, 0.2) is 24.4 Å². The topological polar surface area (TPSA) is 24.9 Å². The van der Waals surface area contributed by atoms with Gasteiger partial charge in [0.2, 0.25) is 0 Å². The Morgan fingerprint density at radius 1 is 1.40 bits per heavy atom. The molecule has 1 N–H and O–H groups in total. The van der Waals surface area contributed by atoms with Gasteiger partial charge >= 0.3 is 0 Å². The van der Waals surface area contributed by atoms with Crippen molar-refractivity contribution in [3.05, 3.63) is 30.1 Å². The van der Waals surface area contributed by atoms with Gasteiger partial charge in [0.1, 0.15) is 0 Å². The first kappa shape index (κ1) is 12.2. The molecule has 0 aliphatic heterocycles. The van der Waals surface area contributed by atoms with E-state index in [1.807, 2.05) is 25.4 Å². The number of pyridine rings is 1. The van der Waals surface area contributed by atoms with Crippen molar-refractivity contribution in [2.24, 2.45) is 5.41 Å². The van der Waals surface area contributed by atoms with E-state index in [9.17, 15) is 0 Å². The molecule has 0 spiro atoms. The maximum atomic E-state index is 4.37. The van der Waals surface area contributed by atoms with Gasteiger partial charge in [-0.05, 0) is 31.0 Å². The third-order valence-electron chi connectivity index (χ3n) is 3.34. The third kappa shape index (κ3) is 3.31. The molecule has 0 bridgehead atoms. The molecule has 0 amide bonds. The molecule has 1 aromatic heterocycles. The summed E-state index contributed by atoms with van der Waals surface area (Å²) in [7, 11) is 2.03. The summed E-state index contributed by atoms with van der Waals surface area (Å²) >= 11 is 0. The van der Waals surface area contributed by atoms with Crippen molar-refractivity contribution >= 4 is 0 Å². The summed E-state index contributed by atoms with van der Waals surface area (Å²) in [6.07, 6.45) is 4.03. The van der Waals surface area contributed by atoms with Crippen LogP contribution in [0.2, 0.25) is 0 Å². The zero-order valence-corrected chi connectivity index (χ0v) is 10.2. The largest absolute Gasteiger partial charge is 0.316 e. The second-order valence-electron chi connectivity index (χ2n) is 4.71. The van der Waals surface area contributed by atoms with E-state index < -0.39 is 0 Å². The van der Waals surface area contributed by atoms with Crippen molar-refractivity contribution < 1.29 is 0 Å². The summed E-state index contributed by atoms with van der Waals surface area (Å²) in [5, 5.41) is 3.40. The number of aromatic nitrogens is 1. The number of hydrogen-bond donors (Lipinski definition) is 1. The van der Waals surface area contributed by atoms with Crippen LogP contribution in [0.25, 0.3) is 0 Å². The Balaban J connectivity index is 2.70. The molecule has 1 heterocycles. The lowest BCUT2D eigenvalue weighted by Gasteiger charge is -2.33. The molecule has 15 heavy (non-hydrogen) atoms. The molecule has 0 fully saturated rings. The van der Waals surface area contributed by atoms with E-state index in [-0.39, 0.29) is 0 Å². The van der Waals surface area contributed by atoms with Crippen molar-refractivity contribution in [3.8, 4) is 0 Å². The summed E-state index contributed by atoms with van der Waals surface area (Å²) in [6.45, 7) is 6.84. The van der Waals surface area contributed by atoms with Crippen LogP contribution in [0, 0.1) is 5.41 Å². The maximum absolute atomic E-state index is 4.37. The Hall–Kier alpha value is -0.890. The van der Waals surface area contributed by atoms with Gasteiger partial charge in [-0.2, -0.15) is 0 Å². The van der Waals surface area contributed by atoms with Crippen LogP contribution in [-0.4, -0.2) is 18.1 Å². The highest BCUT2D eigenvalue weighted by Gasteiger charge is 2.26. The Kier molecular flexibility index (Phi) is 4.28. The fraction of sp³-hybridized carbons (Fsp3) is 0.615. The minimum atomic E-state index is 0.312. The van der Waals surface area contributed by atoms with Gasteiger partial charge in [0.05, 0.1) is 0 Å². The van der Waals surface area contributed by atoms with Crippen LogP contribution in [-0.2, 0) is 6.42 Å². The fourth-order valence-corrected chi connectivity index (χ4v) is 1.74. The van der Waals surface area contributed by atoms with E-state index in [1.54, 1.807) is 0 Å². The Bertz CT molecular complexity index is 280. The van der Waals surface area contributed by atoms with Gasteiger partial charge in [-0.3, -0.25) is 4.98 Å². The van der Waals surface area contributed by atoms with Crippen LogP contribution in [0.1, 0.15) is 32.9 Å². The number of rotatable bonds is 5. The van der Waals surface area contributed by atoms with Gasteiger partial charge in [0.15, 0.2) is 0 Å². The van der Waals surface area contributed by atoms with Crippen molar-refractivity contribution in [3.63, 3.8) is 0 Å². The standard InChI is InChI=1S/C13H22N2/c1-5-13(2,3)12(14-4)10-11-8-6-7-9-15-11/h6-9,12,14H,5,10H2,1-4H3. The molecule has 1 atom stereocenters. The van der Waals surface area contributed by atoms with E-state index in [1.165, 1.54) is 12.1 Å². The van der Waals surface area contributed by atoms with Crippen molar-refractivity contribution in [2.45, 2.75) is 39.7 Å². The minimum absolute atomic E-state index is 0.312. The molecule has 2 nitrogen and oxygen atoms in total. The molecule has 0 saturated carbocycles. The maximum Gasteiger partial charge on any atom is 0.0419 e. The molecule has 2 heteroatoms. The van der Waals surface area contributed by atoms with Crippen LogP contribution < -0.4 is 5.32 Å². The summed E-state index contributed by atoms with van der Waals surface area (Å²) in [4.78, 5) is 4.37. The van der Waals surface area contributed by atoms with Gasteiger partial charge in [0, 0.05) is 24.4 Å². The molecular formula is C13H22N2. The van der Waals surface area contributed by atoms with Crippen LogP contribution in [0.4, 0.5) is 0 Å². The van der Waals surface area contributed by atoms with Gasteiger partial charge in [-0.25, -0.2) is 0 Å². The summed E-state index contributed by atoms with van der Waals surface area (Å²) in [6, 6.07) is 6.59. The number of nitrogens with zero attached hydrogens (tertiary/aromatic N) is 1. The zero-order valence-electron chi connectivity index (χ0n) is 10.2. The second-order valence-corrected chi connectivity index (χ2v) is 4.71. The van der Waals surface area contributed by atoms with Crippen molar-refractivity contribution in [2.75, 3.05) is 7.05 Å². The monoisotopic (exact) mass is 206 g/mol. The lowest BCUT2D eigenvalue weighted by atomic mass is 9.79. The van der Waals surface area contributed by atoms with E-state index in [0.29, 0.717) is 11.5 Å². The SMILES string of the molecule is CCC(C)(C)C(Cc1ccccn1)NC. The van der Waals surface area contributed by atoms with Crippen molar-refractivity contribution in [1.29, 1.82) is 0 Å². The second kappa shape index (κ2) is 5.26. The first-order valence-electron chi connectivity index (χ1n) is 5.67. The molecule has 0 aromatic carbocycles. The van der Waals surface area contributed by atoms with Crippen LogP contribution >= 0.6 is 0 Å². The van der Waals surface area contributed by atoms with Crippen LogP contribution in [0.5, 0.6) is 0 Å². The highest BCUT2D eigenvalue weighted by molar-refractivity contribution is 5.06. The van der Waals surface area contributed by atoms with E-state index in [0.717, 1.165) is 6.42 Å². The van der Waals surface area contributed by atoms with E-state index in [4.69, 9.17) is 0 Å². The van der Waals surface area contributed by atoms with Gasteiger partial charge in [-0.1, -0.05) is 26.8 Å². The summed E-state index contributed by atoms with van der Waals surface area (Å²) in [5.41, 5.74) is 1.48. The third-order valence-corrected chi connectivity index (χ3v) is 3.34.